The van der Waals surface area contributed by atoms with Gasteiger partial charge in [0.1, 0.15) is 5.75 Å². The zero-order valence-electron chi connectivity index (χ0n) is 13.6. The Kier molecular flexibility index (Phi) is 4.96. The number of ether oxygens (including phenoxy) is 1. The van der Waals surface area contributed by atoms with E-state index in [4.69, 9.17) is 4.74 Å². The third-order valence-corrected chi connectivity index (χ3v) is 4.58. The maximum atomic E-state index is 12.3. The van der Waals surface area contributed by atoms with Crippen LogP contribution in [0, 0.1) is 0 Å². The molecule has 3 heteroatoms. The van der Waals surface area contributed by atoms with Gasteiger partial charge in [0, 0.05) is 13.1 Å². The molecule has 0 saturated heterocycles. The molecule has 1 fully saturated rings. The van der Waals surface area contributed by atoms with Crippen molar-refractivity contribution in [3.63, 3.8) is 0 Å². The van der Waals surface area contributed by atoms with E-state index in [1.54, 1.807) is 4.90 Å². The predicted octanol–water partition coefficient (Wildman–Crippen LogP) is 5.12. The Morgan fingerprint density at radius 2 is 1.52 bits per heavy atom. The average Bonchev–Trinajstić information content (AvgIpc) is 2.63. The van der Waals surface area contributed by atoms with Gasteiger partial charge < -0.3 is 9.64 Å². The highest BCUT2D eigenvalue weighted by Crippen LogP contribution is 2.24. The third kappa shape index (κ3) is 3.92. The van der Waals surface area contributed by atoms with Gasteiger partial charge >= 0.3 is 6.09 Å². The number of benzene rings is 2. The van der Waals surface area contributed by atoms with Crippen molar-refractivity contribution in [1.29, 1.82) is 0 Å². The smallest absolute Gasteiger partial charge is 0.410 e. The van der Waals surface area contributed by atoms with Gasteiger partial charge in [0.2, 0.25) is 0 Å². The highest BCUT2D eigenvalue weighted by Gasteiger charge is 2.23. The van der Waals surface area contributed by atoms with E-state index in [9.17, 15) is 4.79 Å². The third-order valence-electron chi connectivity index (χ3n) is 4.58. The Morgan fingerprint density at radius 3 is 2.17 bits per heavy atom. The van der Waals surface area contributed by atoms with Crippen molar-refractivity contribution in [1.82, 2.24) is 4.90 Å². The number of nitrogens with zero attached hydrogens (tertiary/aromatic N) is 1. The molecule has 0 bridgehead atoms. The maximum Gasteiger partial charge on any atom is 0.415 e. The first-order valence-electron chi connectivity index (χ1n) is 8.34. The van der Waals surface area contributed by atoms with Crippen LogP contribution in [0.4, 0.5) is 4.79 Å². The van der Waals surface area contributed by atoms with Crippen molar-refractivity contribution < 1.29 is 9.53 Å². The summed E-state index contributed by atoms with van der Waals surface area (Å²) in [5.41, 5.74) is 2.27. The van der Waals surface area contributed by atoms with Crippen molar-refractivity contribution in [2.24, 2.45) is 0 Å². The molecule has 0 heterocycles. The molecule has 0 atom stereocenters. The van der Waals surface area contributed by atoms with E-state index < -0.39 is 0 Å². The Bertz CT molecular complexity index is 630. The molecule has 0 aromatic heterocycles. The van der Waals surface area contributed by atoms with Crippen LogP contribution in [-0.2, 0) is 0 Å². The minimum atomic E-state index is -0.260. The Balaban J connectivity index is 1.62. The second kappa shape index (κ2) is 7.32. The standard InChI is InChI=1S/C20H23NO2/c1-21(18-10-6-3-7-11-18)20(22)23-19-14-12-17(13-15-19)16-8-4-2-5-9-16/h2,4-5,8-9,12-15,18H,3,6-7,10-11H2,1H3. The van der Waals surface area contributed by atoms with Gasteiger partial charge in [0.25, 0.3) is 0 Å². The van der Waals surface area contributed by atoms with Gasteiger partial charge in [-0.05, 0) is 36.1 Å². The number of amides is 1. The fourth-order valence-electron chi connectivity index (χ4n) is 3.14. The molecule has 0 radical (unpaired) electrons. The van der Waals surface area contributed by atoms with E-state index in [1.165, 1.54) is 19.3 Å². The SMILES string of the molecule is CN(C(=O)Oc1ccc(-c2ccccc2)cc1)C1CCCCC1. The van der Waals surface area contributed by atoms with E-state index in [-0.39, 0.29) is 6.09 Å². The molecule has 3 nitrogen and oxygen atoms in total. The maximum absolute atomic E-state index is 12.3. The lowest BCUT2D eigenvalue weighted by Gasteiger charge is -2.30. The second-order valence-corrected chi connectivity index (χ2v) is 6.16. The van der Waals surface area contributed by atoms with Crippen LogP contribution in [0.5, 0.6) is 5.75 Å². The fourth-order valence-corrected chi connectivity index (χ4v) is 3.14. The molecule has 1 aliphatic carbocycles. The zero-order chi connectivity index (χ0) is 16.1. The van der Waals surface area contributed by atoms with Gasteiger partial charge in [0.15, 0.2) is 0 Å². The first kappa shape index (κ1) is 15.6. The molecule has 1 amide bonds. The van der Waals surface area contributed by atoms with Crippen molar-refractivity contribution >= 4 is 6.09 Å². The number of hydrogen-bond donors (Lipinski definition) is 0. The topological polar surface area (TPSA) is 29.5 Å². The summed E-state index contributed by atoms with van der Waals surface area (Å²) in [4.78, 5) is 14.0. The van der Waals surface area contributed by atoms with E-state index in [1.807, 2.05) is 49.5 Å². The number of carbonyl (C=O) groups excluding carboxylic acids is 1. The first-order chi connectivity index (χ1) is 11.2. The molecule has 23 heavy (non-hydrogen) atoms. The van der Waals surface area contributed by atoms with Gasteiger partial charge in [-0.2, -0.15) is 0 Å². The number of hydrogen-bond acceptors (Lipinski definition) is 2. The lowest BCUT2D eigenvalue weighted by atomic mass is 9.95. The summed E-state index contributed by atoms with van der Waals surface area (Å²) in [6.45, 7) is 0. The summed E-state index contributed by atoms with van der Waals surface area (Å²) in [5.74, 6) is 0.595. The molecule has 2 aromatic carbocycles. The number of rotatable bonds is 3. The van der Waals surface area contributed by atoms with Crippen LogP contribution in [0.1, 0.15) is 32.1 Å². The van der Waals surface area contributed by atoms with E-state index in [2.05, 4.69) is 12.1 Å². The molecule has 2 aromatic rings. The average molecular weight is 309 g/mol. The molecule has 120 valence electrons. The summed E-state index contributed by atoms with van der Waals surface area (Å²) in [6, 6.07) is 18.2. The Morgan fingerprint density at radius 1 is 0.913 bits per heavy atom. The van der Waals surface area contributed by atoms with Crippen LogP contribution in [0.3, 0.4) is 0 Å². The molecule has 1 saturated carbocycles. The molecule has 0 N–H and O–H groups in total. The molecule has 0 aliphatic heterocycles. The van der Waals surface area contributed by atoms with Crippen LogP contribution in [0.15, 0.2) is 54.6 Å². The van der Waals surface area contributed by atoms with Crippen molar-refractivity contribution in [2.75, 3.05) is 7.05 Å². The van der Waals surface area contributed by atoms with Crippen molar-refractivity contribution in [2.45, 2.75) is 38.1 Å². The Labute approximate surface area is 137 Å². The normalized spacial score (nSPS) is 15.2. The number of carbonyl (C=O) groups is 1. The van der Waals surface area contributed by atoms with Gasteiger partial charge in [-0.25, -0.2) is 4.79 Å². The lowest BCUT2D eigenvalue weighted by Crippen LogP contribution is -2.39. The summed E-state index contributed by atoms with van der Waals surface area (Å²) in [6.07, 6.45) is 5.59. The van der Waals surface area contributed by atoms with Gasteiger partial charge in [-0.1, -0.05) is 61.7 Å². The monoisotopic (exact) mass is 309 g/mol. The van der Waals surface area contributed by atoms with Gasteiger partial charge in [-0.15, -0.1) is 0 Å². The molecule has 1 aliphatic rings. The van der Waals surface area contributed by atoms with Crippen molar-refractivity contribution in [3.05, 3.63) is 54.6 Å². The largest absolute Gasteiger partial charge is 0.415 e. The first-order valence-corrected chi connectivity index (χ1v) is 8.34. The van der Waals surface area contributed by atoms with Gasteiger partial charge in [-0.3, -0.25) is 0 Å². The van der Waals surface area contributed by atoms with Crippen molar-refractivity contribution in [3.8, 4) is 16.9 Å². The minimum absolute atomic E-state index is 0.260. The highest BCUT2D eigenvalue weighted by molar-refractivity contribution is 5.71. The van der Waals surface area contributed by atoms with Gasteiger partial charge in [0.05, 0.1) is 0 Å². The van der Waals surface area contributed by atoms with E-state index in [0.29, 0.717) is 11.8 Å². The Hall–Kier alpha value is -2.29. The zero-order valence-corrected chi connectivity index (χ0v) is 13.6. The van der Waals surface area contributed by atoms with Crippen LogP contribution in [-0.4, -0.2) is 24.1 Å². The van der Waals surface area contributed by atoms with E-state index in [0.717, 1.165) is 24.0 Å². The quantitative estimate of drug-likeness (QED) is 0.788. The summed E-state index contributed by atoms with van der Waals surface area (Å²) >= 11 is 0. The summed E-state index contributed by atoms with van der Waals surface area (Å²) < 4.78 is 5.51. The van der Waals surface area contributed by atoms with Crippen LogP contribution >= 0.6 is 0 Å². The summed E-state index contributed by atoms with van der Waals surface area (Å²) in [5, 5.41) is 0. The molecule has 3 rings (SSSR count). The molecular weight excluding hydrogens is 286 g/mol. The minimum Gasteiger partial charge on any atom is -0.410 e. The molecule has 0 spiro atoms. The predicted molar refractivity (Wildman–Crippen MR) is 92.5 cm³/mol. The second-order valence-electron chi connectivity index (χ2n) is 6.16. The van der Waals surface area contributed by atoms with Crippen LogP contribution in [0.25, 0.3) is 11.1 Å². The lowest BCUT2D eigenvalue weighted by molar-refractivity contribution is 0.133. The molecular formula is C20H23NO2. The highest BCUT2D eigenvalue weighted by atomic mass is 16.6. The van der Waals surface area contributed by atoms with Crippen LogP contribution < -0.4 is 4.74 Å². The fraction of sp³-hybridized carbons (Fsp3) is 0.350. The van der Waals surface area contributed by atoms with Crippen LogP contribution in [0.2, 0.25) is 0 Å². The molecule has 0 unspecified atom stereocenters. The summed E-state index contributed by atoms with van der Waals surface area (Å²) in [7, 11) is 1.84. The van der Waals surface area contributed by atoms with E-state index >= 15 is 0 Å².